The number of hydrogen-bond donors (Lipinski definition) is 0. The second kappa shape index (κ2) is 3.09. The van der Waals surface area contributed by atoms with Gasteiger partial charge in [-0.15, -0.1) is 0 Å². The second-order valence-electron chi connectivity index (χ2n) is 2.89. The summed E-state index contributed by atoms with van der Waals surface area (Å²) in [6, 6.07) is 0. The van der Waals surface area contributed by atoms with Gasteiger partial charge in [-0.05, 0) is 16.9 Å². The maximum absolute atomic E-state index is 12.2. The molecule has 0 aliphatic rings. The molecular weight excluding hydrogens is 185 g/mol. The molecule has 68 valence electrons. The van der Waals surface area contributed by atoms with Crippen molar-refractivity contribution in [3.8, 4) is 0 Å². The predicted octanol–water partition coefficient (Wildman–Crippen LogP) is 3.89. The third-order valence-electron chi connectivity index (χ3n) is 1.62. The highest BCUT2D eigenvalue weighted by Gasteiger charge is 2.34. The van der Waals surface area contributed by atoms with Gasteiger partial charge in [0.15, 0.2) is 0 Å². The molecule has 4 heteroatoms. The van der Waals surface area contributed by atoms with Crippen molar-refractivity contribution in [2.24, 2.45) is 0 Å². The third kappa shape index (κ3) is 1.80. The molecule has 0 aromatic carbocycles. The van der Waals surface area contributed by atoms with Gasteiger partial charge in [0.2, 0.25) is 0 Å². The fourth-order valence-electron chi connectivity index (χ4n) is 0.984. The van der Waals surface area contributed by atoms with E-state index in [-0.39, 0.29) is 5.92 Å². The van der Waals surface area contributed by atoms with Crippen molar-refractivity contribution in [2.45, 2.75) is 25.9 Å². The quantitative estimate of drug-likeness (QED) is 0.636. The van der Waals surface area contributed by atoms with Crippen LogP contribution in [0.4, 0.5) is 13.2 Å². The van der Waals surface area contributed by atoms with E-state index in [1.165, 1.54) is 0 Å². The average molecular weight is 194 g/mol. The molecule has 0 fully saturated rings. The molecule has 0 nitrogen and oxygen atoms in total. The van der Waals surface area contributed by atoms with Crippen molar-refractivity contribution in [1.82, 2.24) is 0 Å². The van der Waals surface area contributed by atoms with Crippen molar-refractivity contribution in [2.75, 3.05) is 0 Å². The van der Waals surface area contributed by atoms with Crippen LogP contribution in [0.5, 0.6) is 0 Å². The zero-order valence-corrected chi connectivity index (χ0v) is 7.59. The van der Waals surface area contributed by atoms with Gasteiger partial charge in [-0.2, -0.15) is 24.5 Å². The number of thiophene rings is 1. The standard InChI is InChI=1S/C8H9F3S/c1-5(2)6-3-12-4-7(6)8(9,10)11/h3-5H,1-2H3. The fourth-order valence-corrected chi connectivity index (χ4v) is 2.00. The molecule has 0 aliphatic carbocycles. The van der Waals surface area contributed by atoms with E-state index in [1.54, 1.807) is 19.2 Å². The lowest BCUT2D eigenvalue weighted by atomic mass is 10.0. The summed E-state index contributed by atoms with van der Waals surface area (Å²) in [5, 5.41) is 2.73. The van der Waals surface area contributed by atoms with Crippen LogP contribution in [0.15, 0.2) is 10.8 Å². The molecule has 0 saturated heterocycles. The zero-order valence-electron chi connectivity index (χ0n) is 6.77. The highest BCUT2D eigenvalue weighted by Crippen LogP contribution is 2.37. The van der Waals surface area contributed by atoms with Gasteiger partial charge in [-0.1, -0.05) is 13.8 Å². The lowest BCUT2D eigenvalue weighted by Crippen LogP contribution is -2.07. The van der Waals surface area contributed by atoms with Crippen LogP contribution >= 0.6 is 11.3 Å². The van der Waals surface area contributed by atoms with Crippen molar-refractivity contribution < 1.29 is 13.2 Å². The molecule has 12 heavy (non-hydrogen) atoms. The normalized spacial score (nSPS) is 12.5. The van der Waals surface area contributed by atoms with Gasteiger partial charge >= 0.3 is 6.18 Å². The van der Waals surface area contributed by atoms with Crippen molar-refractivity contribution >= 4 is 11.3 Å². The van der Waals surface area contributed by atoms with Crippen LogP contribution in [-0.2, 0) is 6.18 Å². The van der Waals surface area contributed by atoms with E-state index in [9.17, 15) is 13.2 Å². The topological polar surface area (TPSA) is 0 Å². The molecule has 0 amide bonds. The summed E-state index contributed by atoms with van der Waals surface area (Å²) in [5.41, 5.74) is -0.0880. The Kier molecular flexibility index (Phi) is 2.46. The lowest BCUT2D eigenvalue weighted by Gasteiger charge is -2.09. The van der Waals surface area contributed by atoms with Crippen molar-refractivity contribution in [1.29, 1.82) is 0 Å². The van der Waals surface area contributed by atoms with Crippen molar-refractivity contribution in [3.05, 3.63) is 21.9 Å². The molecule has 0 saturated carbocycles. The van der Waals surface area contributed by atoms with Crippen LogP contribution in [0.2, 0.25) is 0 Å². The average Bonchev–Trinajstić information content (AvgIpc) is 2.30. The van der Waals surface area contributed by atoms with Crippen LogP contribution < -0.4 is 0 Å². The lowest BCUT2D eigenvalue weighted by molar-refractivity contribution is -0.138. The van der Waals surface area contributed by atoms with Crippen LogP contribution in [0.3, 0.4) is 0 Å². The minimum absolute atomic E-state index is 0.0622. The number of hydrogen-bond acceptors (Lipinski definition) is 1. The van der Waals surface area contributed by atoms with Gasteiger partial charge < -0.3 is 0 Å². The SMILES string of the molecule is CC(C)c1cscc1C(F)(F)F. The Morgan fingerprint density at radius 1 is 1.25 bits per heavy atom. The van der Waals surface area contributed by atoms with E-state index < -0.39 is 11.7 Å². The Labute approximate surface area is 73.0 Å². The van der Waals surface area contributed by atoms with E-state index in [0.717, 1.165) is 16.7 Å². The Morgan fingerprint density at radius 3 is 2.17 bits per heavy atom. The predicted molar refractivity (Wildman–Crippen MR) is 43.4 cm³/mol. The second-order valence-corrected chi connectivity index (χ2v) is 3.64. The smallest absolute Gasteiger partial charge is 0.166 e. The minimum atomic E-state index is -4.19. The van der Waals surface area contributed by atoms with E-state index in [2.05, 4.69) is 0 Å². The molecular formula is C8H9F3S. The van der Waals surface area contributed by atoms with E-state index >= 15 is 0 Å². The molecule has 0 N–H and O–H groups in total. The van der Waals surface area contributed by atoms with Crippen LogP contribution in [-0.4, -0.2) is 0 Å². The summed E-state index contributed by atoms with van der Waals surface area (Å²) in [7, 11) is 0. The molecule has 0 unspecified atom stereocenters. The molecule has 1 aromatic rings. The molecule has 1 heterocycles. The van der Waals surface area contributed by atoms with Gasteiger partial charge in [0.05, 0.1) is 5.56 Å². The summed E-state index contributed by atoms with van der Waals surface area (Å²) in [4.78, 5) is 0. The Bertz CT molecular complexity index is 260. The maximum atomic E-state index is 12.2. The molecule has 1 rings (SSSR count). The first-order chi connectivity index (χ1) is 5.43. The first-order valence-electron chi connectivity index (χ1n) is 3.56. The monoisotopic (exact) mass is 194 g/mol. The molecule has 0 aliphatic heterocycles. The maximum Gasteiger partial charge on any atom is 0.417 e. The van der Waals surface area contributed by atoms with E-state index in [0.29, 0.717) is 5.56 Å². The van der Waals surface area contributed by atoms with E-state index in [4.69, 9.17) is 0 Å². The first-order valence-corrected chi connectivity index (χ1v) is 4.50. The number of rotatable bonds is 1. The highest BCUT2D eigenvalue weighted by atomic mass is 32.1. The Balaban J connectivity index is 3.08. The molecule has 0 radical (unpaired) electrons. The van der Waals surface area contributed by atoms with Gasteiger partial charge in [0.1, 0.15) is 0 Å². The summed E-state index contributed by atoms with van der Waals surface area (Å²) in [5.74, 6) is -0.0622. The van der Waals surface area contributed by atoms with Crippen LogP contribution in [0.25, 0.3) is 0 Å². The summed E-state index contributed by atoms with van der Waals surface area (Å²) in [6.07, 6.45) is -4.19. The summed E-state index contributed by atoms with van der Waals surface area (Å²) in [6.45, 7) is 3.52. The Morgan fingerprint density at radius 2 is 1.83 bits per heavy atom. The summed E-state index contributed by atoms with van der Waals surface area (Å²) < 4.78 is 36.7. The van der Waals surface area contributed by atoms with Crippen molar-refractivity contribution in [3.63, 3.8) is 0 Å². The van der Waals surface area contributed by atoms with Gasteiger partial charge in [0.25, 0.3) is 0 Å². The molecule has 1 aromatic heterocycles. The van der Waals surface area contributed by atoms with Gasteiger partial charge in [-0.3, -0.25) is 0 Å². The first kappa shape index (κ1) is 9.58. The highest BCUT2D eigenvalue weighted by molar-refractivity contribution is 7.08. The molecule has 0 spiro atoms. The van der Waals surface area contributed by atoms with Crippen LogP contribution in [0.1, 0.15) is 30.9 Å². The summed E-state index contributed by atoms with van der Waals surface area (Å²) >= 11 is 1.10. The zero-order chi connectivity index (χ0) is 9.35. The van der Waals surface area contributed by atoms with Crippen LogP contribution in [0, 0.1) is 0 Å². The fraction of sp³-hybridized carbons (Fsp3) is 0.500. The van der Waals surface area contributed by atoms with E-state index in [1.807, 2.05) is 0 Å². The molecule has 0 bridgehead atoms. The largest absolute Gasteiger partial charge is 0.417 e. The number of alkyl halides is 3. The minimum Gasteiger partial charge on any atom is -0.166 e. The Hall–Kier alpha value is -0.510. The van der Waals surface area contributed by atoms with Gasteiger partial charge in [0, 0.05) is 5.38 Å². The number of halogens is 3. The molecule has 0 atom stereocenters. The third-order valence-corrected chi connectivity index (χ3v) is 2.38. The van der Waals surface area contributed by atoms with Gasteiger partial charge in [-0.25, -0.2) is 0 Å².